The van der Waals surface area contributed by atoms with E-state index in [-0.39, 0.29) is 0 Å². The number of rotatable bonds is 8. The average molecular weight is 1820 g/mol. The summed E-state index contributed by atoms with van der Waals surface area (Å²) in [6, 6.07) is 0. The van der Waals surface area contributed by atoms with Crippen molar-refractivity contribution in [1.82, 2.24) is 0 Å². The molecular weight excluding hydrogens is 1730 g/mol. The van der Waals surface area contributed by atoms with E-state index in [1.165, 1.54) is 0 Å². The van der Waals surface area contributed by atoms with Crippen molar-refractivity contribution in [3.05, 3.63) is 0 Å². The van der Waals surface area contributed by atoms with Crippen molar-refractivity contribution in [2.24, 2.45) is 0 Å². The predicted molar refractivity (Wildman–Crippen MR) is 315 cm³/mol. The second kappa shape index (κ2) is 32.7. The van der Waals surface area contributed by atoms with Gasteiger partial charge in [0.1, 0.15) is 146 Å². The van der Waals surface area contributed by atoms with E-state index in [1.54, 1.807) is 0 Å². The fourth-order valence-corrected chi connectivity index (χ4v) is 12.7. The summed E-state index contributed by atoms with van der Waals surface area (Å²) >= 11 is 20.5. The molecule has 0 radical (unpaired) electrons. The molecule has 0 unspecified atom stereocenters. The highest BCUT2D eigenvalue weighted by Gasteiger charge is 2.60. The van der Waals surface area contributed by atoms with Gasteiger partial charge >= 0.3 is 0 Å². The van der Waals surface area contributed by atoms with Crippen molar-refractivity contribution in [2.45, 2.75) is 245 Å². The van der Waals surface area contributed by atoms with Gasteiger partial charge in [-0.05, 0) is 0 Å². The molecule has 32 nitrogen and oxygen atoms in total. The molecule has 0 aromatic heterocycles. The number of hydrogen-bond donors (Lipinski definition) is 16. The lowest BCUT2D eigenvalue weighted by atomic mass is 9.95. The highest BCUT2D eigenvalue weighted by molar-refractivity contribution is 9.10. The molecule has 0 aromatic carbocycles. The molecule has 16 bridgehead atoms. The van der Waals surface area contributed by atoms with Crippen molar-refractivity contribution in [3.8, 4) is 0 Å². The van der Waals surface area contributed by atoms with Crippen LogP contribution in [0.4, 0.5) is 0 Å². The second-order valence-corrected chi connectivity index (χ2v) is 23.4. The zero-order chi connectivity index (χ0) is 85.8. The number of aliphatic hydroxyl groups excluding tert-OH is 8. The molecule has 0 aromatic rings. The van der Waals surface area contributed by atoms with Crippen molar-refractivity contribution < 1.29 is 190 Å². The number of halogens is 8. The van der Waals surface area contributed by atoms with E-state index in [4.69, 9.17) is 109 Å². The maximum absolute atomic E-state index is 12.0. The Morgan fingerprint density at radius 2 is 0.330 bits per heavy atom. The normalized spacial score (nSPS) is 67.4. The van der Waals surface area contributed by atoms with Crippen molar-refractivity contribution >= 4 is 127 Å². The Bertz CT molecular complexity index is 3300. The van der Waals surface area contributed by atoms with Crippen LogP contribution in [0.15, 0.2) is 0 Å². The third-order valence-corrected chi connectivity index (χ3v) is 18.0. The second-order valence-electron chi connectivity index (χ2n) is 19.7. The third-order valence-electron chi connectivity index (χ3n) is 14.4. The van der Waals surface area contributed by atoms with Crippen LogP contribution >= 0.6 is 127 Å². The van der Waals surface area contributed by atoms with E-state index in [2.05, 4.69) is 127 Å². The van der Waals surface area contributed by atoms with Gasteiger partial charge in [0, 0.05) is 64.2 Å². The largest absolute Gasteiger partial charge is 0.387 e. The molecule has 512 valence electrons. The summed E-state index contributed by atoms with van der Waals surface area (Å²) in [7, 11) is 0. The molecule has 88 heavy (non-hydrogen) atoms. The van der Waals surface area contributed by atoms with Crippen molar-refractivity contribution in [2.75, 3.05) is 42.3 Å². The quantitative estimate of drug-likeness (QED) is 0.101. The summed E-state index contributed by atoms with van der Waals surface area (Å²) in [6.45, 7) is 0. The molecule has 30 aliphatic heterocycles. The van der Waals surface area contributed by atoms with Gasteiger partial charge in [0.05, 0.1) is 59.8 Å². The van der Waals surface area contributed by atoms with Gasteiger partial charge in [-0.15, -0.1) is 0 Å². The summed E-state index contributed by atoms with van der Waals surface area (Å²) < 4.78 is 300. The topological polar surface area (TPSA) is 471 Å². The molecule has 0 aliphatic carbocycles. The van der Waals surface area contributed by atoms with E-state index >= 15 is 0 Å². The smallest absolute Gasteiger partial charge is 0.187 e. The van der Waals surface area contributed by atoms with E-state index in [9.17, 15) is 81.7 Å². The molecule has 30 saturated heterocycles. The molecule has 30 aliphatic rings. The van der Waals surface area contributed by atoms with Crippen LogP contribution in [0, 0.1) is 0 Å². The molecule has 40 atom stereocenters. The first-order valence-electron chi connectivity index (χ1n) is 37.2. The Morgan fingerprint density at radius 1 is 0.193 bits per heavy atom. The first kappa shape index (κ1) is 48.4. The molecule has 16 N–H and O–H groups in total. The standard InChI is InChI=1S/C48H72Br8O32/c49-1-9-33-17(57)25(65)41(73-9)82-34-10(2-50)75-43(27(67)19(34)59)84-36-12(4-52)77-45(29(69)21(36)61)86-38-14(6-54)79-47(31(71)23(38)63)88-40-16(8-56)80-48(32(72)24(40)64)87-39-15(7-55)78-46(30(70)22(39)62)85-37-13(5-53)76-44(28(68)20(37)60)83-35-11(3-51)74-42(81-33)26(66)18(35)58/h9-48,57-72H,1-8H2/t9-,10-,11-,12-,13-,14-,15-,16-,17-,18-,19-,20-,21-,22-,23-,24-,25-,26-,27-,28-,29-,30-,31-,32+,33-,34-,35-,36-,37-,38-,39-,40-,41-,42-,43-,44-,45-,46-,47-,48-/m1/s1/i1D2,2D2,3D2,4D2,5D2,6D2,7D2,8D2,17D,18D,19D,20D,21D,30D,31D,32D/t9-,10-,11-,12-,13-,14-,15-,16-,17-,18-,19-,20-,21-,22-,23-,24-,25-,26-,27-,28-,29-,30+,31-,32-,33-,34-,35-,36-,37-,38-,39-,40-,41-,42-,43-,44-,45-,46-,47-,48-. The number of ether oxygens (including phenoxy) is 16. The minimum Gasteiger partial charge on any atom is -0.387 e. The number of alkyl halides is 8. The minimum atomic E-state index is -4.04. The molecule has 40 heteroatoms. The minimum absolute atomic E-state index is 2.55. The number of aliphatic hydroxyl groups is 16. The van der Waals surface area contributed by atoms with Crippen LogP contribution < -0.4 is 0 Å². The summed E-state index contributed by atoms with van der Waals surface area (Å²) in [5.41, 5.74) is 0. The zero-order valence-electron chi connectivity index (χ0n) is 67.2. The molecule has 30 heterocycles. The molecular formula is C48H72Br8O32. The number of hydrogen-bond acceptors (Lipinski definition) is 32. The lowest BCUT2D eigenvalue weighted by Crippen LogP contribution is -2.68. The van der Waals surface area contributed by atoms with Crippen LogP contribution in [0.1, 0.15) is 32.9 Å². The van der Waals surface area contributed by atoms with Gasteiger partial charge in [0.2, 0.25) is 0 Å². The third kappa shape index (κ3) is 15.3. The van der Waals surface area contributed by atoms with Gasteiger partial charge in [0.15, 0.2) is 50.3 Å². The first-order chi connectivity index (χ1) is 49.9. The zero-order valence-corrected chi connectivity index (χ0v) is 55.9. The van der Waals surface area contributed by atoms with Crippen LogP contribution in [0.25, 0.3) is 0 Å². The Morgan fingerprint density at radius 3 is 0.511 bits per heavy atom. The van der Waals surface area contributed by atoms with Gasteiger partial charge in [-0.25, -0.2) is 0 Å². The SMILES string of the molecule is [2H]C([2H])(Br)[C@H]1O[C@@H]2O[C@@H]3[C@@H](C([2H])([2H])Br)O[C@H](O[C@@H]4[C@@H](C([2H])([2H])Br)O[C@H](O[C@@H]5[C@@H](C([2H])([2H])Br)O[C@H](O[C@@H]6[C@@H](C([2H])([2H])Br)O[C@H](O[C@@H]7[C@@H](C([2H])([2H])Br)O[C@H](O[C@@H]8[C@@H](C([2H])([2H])Br)O[C@H](O[C@@H]9[C@@H](C([2H])([2H])Br)O[C@H](O[C@H]1[C@H](O)[C@@]2([2H])O)[C@H](O)[C@@]9([2H])O)[C@H](O)[C@@]8([2H])O)[C@H](O)[C@@]7([2H])O)[C@H](O)[C@@]6([2H])O)[C@H](O)[C@@]5([2H])O)[C@@]([2H])(O)[C@H]4O)[C@]([2H])(O)[C@H]3O. The maximum Gasteiger partial charge on any atom is 0.187 e. The molecule has 30 rings (SSSR count). The van der Waals surface area contributed by atoms with Gasteiger partial charge in [-0.1, -0.05) is 127 Å². The molecule has 0 saturated carbocycles. The van der Waals surface area contributed by atoms with Gasteiger partial charge in [0.25, 0.3) is 0 Å². The first-order valence-corrected chi connectivity index (χ1v) is 31.5. The summed E-state index contributed by atoms with van der Waals surface area (Å²) in [4.78, 5) is 0. The van der Waals surface area contributed by atoms with Crippen molar-refractivity contribution in [3.63, 3.8) is 0 Å². The maximum atomic E-state index is 12.0. The highest BCUT2D eigenvalue weighted by atomic mass is 79.9. The van der Waals surface area contributed by atoms with E-state index in [0.717, 1.165) is 0 Å². The molecule has 30 fully saturated rings. The molecule has 0 amide bonds. The predicted octanol–water partition coefficient (Wildman–Crippen LogP) is -6.19. The van der Waals surface area contributed by atoms with Gasteiger partial charge in [-0.3, -0.25) is 0 Å². The highest BCUT2D eigenvalue weighted by Crippen LogP contribution is 2.41. The Kier molecular flexibility index (Phi) is 18.0. The van der Waals surface area contributed by atoms with Gasteiger partial charge < -0.3 is 157 Å². The van der Waals surface area contributed by atoms with Crippen LogP contribution in [0.3, 0.4) is 0 Å². The fraction of sp³-hybridized carbons (Fsp3) is 1.00. The van der Waals surface area contributed by atoms with E-state index < -0.39 is 288 Å². The van der Waals surface area contributed by atoms with Gasteiger partial charge in [-0.2, -0.15) is 0 Å². The summed E-state index contributed by atoms with van der Waals surface area (Å²) in [5.74, 6) is 0. The Balaban J connectivity index is 1.15. The van der Waals surface area contributed by atoms with E-state index in [0.29, 0.717) is 0 Å². The van der Waals surface area contributed by atoms with Crippen molar-refractivity contribution in [1.29, 1.82) is 0 Å². The summed E-state index contributed by atoms with van der Waals surface area (Å²) in [6.07, 6.45) is -127. The molecule has 0 spiro atoms. The van der Waals surface area contributed by atoms with E-state index in [1.807, 2.05) is 0 Å². The lowest BCUT2D eigenvalue weighted by molar-refractivity contribution is -0.396. The Hall–Kier alpha value is 2.56. The fourth-order valence-electron chi connectivity index (χ4n) is 9.84. The van der Waals surface area contributed by atoms with Crippen LogP contribution in [-0.2, 0) is 75.8 Å². The average Bonchev–Trinajstić information content (AvgIpc) is 0.731. The van der Waals surface area contributed by atoms with Crippen LogP contribution in [-0.4, -0.2) is 369 Å². The Labute approximate surface area is 602 Å². The summed E-state index contributed by atoms with van der Waals surface area (Å²) in [5, 5.41) is 164. The lowest BCUT2D eigenvalue weighted by Gasteiger charge is -2.50. The monoisotopic (exact) mass is 1820 g/mol. The van der Waals surface area contributed by atoms with Crippen LogP contribution in [0.2, 0.25) is 0 Å². The van der Waals surface area contributed by atoms with Crippen LogP contribution in [0.5, 0.6) is 0 Å².